The molecule has 1 aromatic carbocycles. The van der Waals surface area contributed by atoms with Crippen LogP contribution in [0.15, 0.2) is 46.1 Å². The van der Waals surface area contributed by atoms with Crippen molar-refractivity contribution < 1.29 is 23.7 Å². The van der Waals surface area contributed by atoms with E-state index in [1.165, 1.54) is 17.7 Å². The van der Waals surface area contributed by atoms with Crippen molar-refractivity contribution in [1.82, 2.24) is 9.55 Å². The molecule has 0 unspecified atom stereocenters. The lowest BCUT2D eigenvalue weighted by Crippen LogP contribution is -2.59. The first-order chi connectivity index (χ1) is 13.9. The molecule has 0 amide bonds. The first-order valence-electron chi connectivity index (χ1n) is 9.30. The third-order valence-corrected chi connectivity index (χ3v) is 5.14. The summed E-state index contributed by atoms with van der Waals surface area (Å²) in [6, 6.07) is 9.57. The number of hydrogen-bond acceptors (Lipinski definition) is 7. The maximum atomic E-state index is 12.4. The first kappa shape index (κ1) is 19.6. The Hall–Kier alpha value is -2.75. The molecule has 0 aliphatic carbocycles. The summed E-state index contributed by atoms with van der Waals surface area (Å²) in [6.45, 7) is 3.64. The van der Waals surface area contributed by atoms with Gasteiger partial charge in [-0.05, 0) is 12.5 Å². The third kappa shape index (κ3) is 3.64. The molecule has 2 aliphatic heterocycles. The average molecular weight is 402 g/mol. The molecule has 0 bridgehead atoms. The number of aromatic amines is 1. The Balaban J connectivity index is 1.69. The highest BCUT2D eigenvalue weighted by Gasteiger charge is 2.62. The zero-order valence-corrected chi connectivity index (χ0v) is 16.1. The fourth-order valence-corrected chi connectivity index (χ4v) is 3.67. The summed E-state index contributed by atoms with van der Waals surface area (Å²) in [6.07, 6.45) is -1.09. The highest BCUT2D eigenvalue weighted by molar-refractivity contribution is 5.66. The molecule has 3 atom stereocenters. The quantitative estimate of drug-likeness (QED) is 0.732. The number of hydrogen-bond donors (Lipinski definition) is 1. The molecule has 1 aromatic heterocycles. The van der Waals surface area contributed by atoms with Crippen molar-refractivity contribution in [2.75, 3.05) is 13.2 Å². The lowest BCUT2D eigenvalue weighted by molar-refractivity contribution is -0.245. The Morgan fingerprint density at radius 2 is 2.00 bits per heavy atom. The summed E-state index contributed by atoms with van der Waals surface area (Å²) in [4.78, 5) is 38.2. The average Bonchev–Trinajstić information content (AvgIpc) is 2.98. The Labute approximate surface area is 166 Å². The zero-order valence-electron chi connectivity index (χ0n) is 16.1. The van der Waals surface area contributed by atoms with Gasteiger partial charge in [-0.15, -0.1) is 0 Å². The molecule has 4 rings (SSSR count). The van der Waals surface area contributed by atoms with Crippen molar-refractivity contribution in [3.8, 4) is 0 Å². The van der Waals surface area contributed by atoms with Crippen LogP contribution in [-0.2, 0) is 30.3 Å². The van der Waals surface area contributed by atoms with Crippen LogP contribution >= 0.6 is 0 Å². The van der Waals surface area contributed by atoms with Crippen molar-refractivity contribution in [3.05, 3.63) is 68.5 Å². The summed E-state index contributed by atoms with van der Waals surface area (Å²) < 4.78 is 24.4. The van der Waals surface area contributed by atoms with Crippen molar-refractivity contribution in [2.45, 2.75) is 44.5 Å². The number of ether oxygens (including phenoxy) is 4. The van der Waals surface area contributed by atoms with E-state index < -0.39 is 41.3 Å². The number of rotatable bonds is 5. The molecular formula is C20H22N2O7. The van der Waals surface area contributed by atoms with Gasteiger partial charge in [0.1, 0.15) is 11.7 Å². The van der Waals surface area contributed by atoms with Crippen molar-refractivity contribution in [1.29, 1.82) is 0 Å². The van der Waals surface area contributed by atoms with Gasteiger partial charge >= 0.3 is 11.7 Å². The molecule has 1 spiro atoms. The summed E-state index contributed by atoms with van der Waals surface area (Å²) in [7, 11) is 0. The largest absolute Gasteiger partial charge is 0.455 e. The van der Waals surface area contributed by atoms with E-state index in [1.807, 2.05) is 30.3 Å². The maximum Gasteiger partial charge on any atom is 0.330 e. The summed E-state index contributed by atoms with van der Waals surface area (Å²) in [5.41, 5.74) is -0.690. The number of carbonyl (C=O) groups excluding carboxylic acids is 1. The maximum absolute atomic E-state index is 12.4. The minimum Gasteiger partial charge on any atom is -0.455 e. The van der Waals surface area contributed by atoms with Gasteiger partial charge in [-0.3, -0.25) is 19.1 Å². The Kier molecular flexibility index (Phi) is 5.12. The van der Waals surface area contributed by atoms with Crippen LogP contribution in [0, 0.1) is 6.92 Å². The Bertz CT molecular complexity index is 1010. The van der Waals surface area contributed by atoms with Crippen LogP contribution in [0.4, 0.5) is 0 Å². The Morgan fingerprint density at radius 3 is 2.62 bits per heavy atom. The molecule has 2 saturated heterocycles. The number of nitrogens with zero attached hydrogens (tertiary/aromatic N) is 1. The van der Waals surface area contributed by atoms with Gasteiger partial charge in [0.2, 0.25) is 0 Å². The van der Waals surface area contributed by atoms with Gasteiger partial charge in [-0.2, -0.15) is 0 Å². The predicted molar refractivity (Wildman–Crippen MR) is 100 cm³/mol. The van der Waals surface area contributed by atoms with Crippen LogP contribution in [0.2, 0.25) is 0 Å². The SMILES string of the molecule is CC(=O)O[C@H]1[C@H](n2cc(C)c(=O)[nH]c2=O)OC2(COC2)[C@H]1OCc1ccccc1. The minimum atomic E-state index is -0.952. The van der Waals surface area contributed by atoms with Crippen LogP contribution < -0.4 is 11.2 Å². The summed E-state index contributed by atoms with van der Waals surface area (Å²) in [5.74, 6) is -0.525. The van der Waals surface area contributed by atoms with Crippen molar-refractivity contribution in [2.24, 2.45) is 0 Å². The van der Waals surface area contributed by atoms with Crippen LogP contribution in [0.5, 0.6) is 0 Å². The molecule has 3 heterocycles. The van der Waals surface area contributed by atoms with Crippen molar-refractivity contribution in [3.63, 3.8) is 0 Å². The zero-order chi connectivity index (χ0) is 20.6. The highest BCUT2D eigenvalue weighted by atomic mass is 16.7. The fraction of sp³-hybridized carbons (Fsp3) is 0.450. The number of esters is 1. The molecule has 2 aliphatic rings. The molecule has 1 N–H and O–H groups in total. The van der Waals surface area contributed by atoms with Crippen LogP contribution in [0.25, 0.3) is 0 Å². The lowest BCUT2D eigenvalue weighted by Gasteiger charge is -2.41. The normalized spacial score (nSPS) is 25.0. The summed E-state index contributed by atoms with van der Waals surface area (Å²) >= 11 is 0. The van der Waals surface area contributed by atoms with Gasteiger partial charge < -0.3 is 18.9 Å². The topological polar surface area (TPSA) is 109 Å². The second kappa shape index (κ2) is 7.58. The van der Waals surface area contributed by atoms with Crippen LogP contribution in [-0.4, -0.2) is 46.5 Å². The van der Waals surface area contributed by atoms with E-state index in [0.717, 1.165) is 5.56 Å². The number of carbonyl (C=O) groups is 1. The molecule has 9 heteroatoms. The van der Waals surface area contributed by atoms with Gasteiger partial charge in [-0.25, -0.2) is 4.79 Å². The van der Waals surface area contributed by atoms with E-state index in [9.17, 15) is 14.4 Å². The monoisotopic (exact) mass is 402 g/mol. The molecule has 2 fully saturated rings. The molecule has 2 aromatic rings. The fourth-order valence-electron chi connectivity index (χ4n) is 3.67. The van der Waals surface area contributed by atoms with Crippen LogP contribution in [0.1, 0.15) is 24.3 Å². The van der Waals surface area contributed by atoms with E-state index in [2.05, 4.69) is 4.98 Å². The van der Waals surface area contributed by atoms with Gasteiger partial charge in [0.05, 0.1) is 19.8 Å². The van der Waals surface area contributed by atoms with E-state index in [4.69, 9.17) is 18.9 Å². The van der Waals surface area contributed by atoms with Gasteiger partial charge in [0, 0.05) is 18.7 Å². The molecule has 154 valence electrons. The van der Waals surface area contributed by atoms with E-state index in [-0.39, 0.29) is 19.8 Å². The second-order valence-corrected chi connectivity index (χ2v) is 7.34. The smallest absolute Gasteiger partial charge is 0.330 e. The first-order valence-corrected chi connectivity index (χ1v) is 9.30. The van der Waals surface area contributed by atoms with Gasteiger partial charge in [-0.1, -0.05) is 30.3 Å². The highest BCUT2D eigenvalue weighted by Crippen LogP contribution is 2.44. The predicted octanol–water partition coefficient (Wildman–Crippen LogP) is 0.660. The van der Waals surface area contributed by atoms with E-state index in [0.29, 0.717) is 5.56 Å². The molecule has 29 heavy (non-hydrogen) atoms. The molecule has 9 nitrogen and oxygen atoms in total. The van der Waals surface area contributed by atoms with Crippen LogP contribution in [0.3, 0.4) is 0 Å². The minimum absolute atomic E-state index is 0.248. The Morgan fingerprint density at radius 1 is 1.28 bits per heavy atom. The number of H-pyrrole nitrogens is 1. The van der Waals surface area contributed by atoms with E-state index in [1.54, 1.807) is 6.92 Å². The second-order valence-electron chi connectivity index (χ2n) is 7.34. The lowest BCUT2D eigenvalue weighted by atomic mass is 9.93. The van der Waals surface area contributed by atoms with Crippen molar-refractivity contribution >= 4 is 5.97 Å². The third-order valence-electron chi connectivity index (χ3n) is 5.14. The number of benzene rings is 1. The molecule has 0 radical (unpaired) electrons. The number of aryl methyl sites for hydroxylation is 1. The number of nitrogens with one attached hydrogen (secondary N) is 1. The van der Waals surface area contributed by atoms with Gasteiger partial charge in [0.15, 0.2) is 12.3 Å². The molecule has 0 saturated carbocycles. The summed E-state index contributed by atoms with van der Waals surface area (Å²) in [5, 5.41) is 0. The number of aromatic nitrogens is 2. The van der Waals surface area contributed by atoms with E-state index >= 15 is 0 Å². The standard InChI is InChI=1S/C20H22N2O7/c1-12-8-22(19(25)21-17(12)24)18-15(28-13(2)23)16(20(29-18)10-26-11-20)27-9-14-6-4-3-5-7-14/h3-8,15-16,18H,9-11H2,1-2H3,(H,21,24,25)/t15-,16+,18-/m1/s1. The molecular weight excluding hydrogens is 380 g/mol. The van der Waals surface area contributed by atoms with Gasteiger partial charge in [0.25, 0.3) is 5.56 Å².